The molecular weight excluding hydrogens is 422 g/mol. The number of hydrogen-bond donors (Lipinski definition) is 2. The van der Waals surface area contributed by atoms with Crippen molar-refractivity contribution in [1.29, 1.82) is 0 Å². The van der Waals surface area contributed by atoms with Crippen molar-refractivity contribution in [2.45, 2.75) is 33.1 Å². The predicted molar refractivity (Wildman–Crippen MR) is 124 cm³/mol. The van der Waals surface area contributed by atoms with Gasteiger partial charge in [-0.25, -0.2) is 14.5 Å². The van der Waals surface area contributed by atoms with Crippen LogP contribution in [0.2, 0.25) is 0 Å². The molecule has 1 saturated heterocycles. The van der Waals surface area contributed by atoms with Crippen molar-refractivity contribution >= 4 is 35.6 Å². The van der Waals surface area contributed by atoms with Crippen LogP contribution >= 0.6 is 0 Å². The van der Waals surface area contributed by atoms with Crippen molar-refractivity contribution in [3.8, 4) is 0 Å². The summed E-state index contributed by atoms with van der Waals surface area (Å²) < 4.78 is 4.91. The van der Waals surface area contributed by atoms with E-state index in [0.717, 1.165) is 16.0 Å². The molecule has 8 nitrogen and oxygen atoms in total. The summed E-state index contributed by atoms with van der Waals surface area (Å²) in [7, 11) is 0. The van der Waals surface area contributed by atoms with Crippen LogP contribution in [0.1, 0.15) is 49.2 Å². The third-order valence-electron chi connectivity index (χ3n) is 5.03. The zero-order chi connectivity index (χ0) is 24.2. The maximum Gasteiger partial charge on any atom is 0.338 e. The average Bonchev–Trinajstić information content (AvgIpc) is 3.01. The van der Waals surface area contributed by atoms with Gasteiger partial charge >= 0.3 is 12.0 Å². The lowest BCUT2D eigenvalue weighted by Crippen LogP contribution is -2.38. The topological polar surface area (TPSA) is 105 Å². The largest absolute Gasteiger partial charge is 0.462 e. The minimum atomic E-state index is -0.662. The molecule has 1 heterocycles. The summed E-state index contributed by atoms with van der Waals surface area (Å²) in [4.78, 5) is 49.8. The molecule has 0 atom stereocenters. The van der Waals surface area contributed by atoms with Gasteiger partial charge in [0.1, 0.15) is 12.2 Å². The van der Waals surface area contributed by atoms with Crippen LogP contribution in [0.4, 0.5) is 10.5 Å². The van der Waals surface area contributed by atoms with Crippen molar-refractivity contribution in [3.63, 3.8) is 0 Å². The summed E-state index contributed by atoms with van der Waals surface area (Å²) in [5, 5.41) is 5.12. The fraction of sp³-hybridized carbons (Fsp3) is 0.280. The molecule has 172 valence electrons. The number of nitrogens with one attached hydrogen (secondary N) is 2. The van der Waals surface area contributed by atoms with E-state index < -0.39 is 30.4 Å². The lowest BCUT2D eigenvalue weighted by molar-refractivity contribution is -0.127. The van der Waals surface area contributed by atoms with Gasteiger partial charge in [-0.2, -0.15) is 0 Å². The lowest BCUT2D eigenvalue weighted by Gasteiger charge is -2.18. The summed E-state index contributed by atoms with van der Waals surface area (Å²) in [6, 6.07) is 13.2. The number of urea groups is 1. The Morgan fingerprint density at radius 2 is 1.67 bits per heavy atom. The first-order valence-corrected chi connectivity index (χ1v) is 10.6. The molecule has 2 aromatic rings. The van der Waals surface area contributed by atoms with Crippen LogP contribution < -0.4 is 10.6 Å². The zero-order valence-corrected chi connectivity index (χ0v) is 19.1. The fourth-order valence-electron chi connectivity index (χ4n) is 3.21. The molecule has 1 aliphatic heterocycles. The molecule has 2 N–H and O–H groups in total. The Kier molecular flexibility index (Phi) is 6.96. The molecule has 33 heavy (non-hydrogen) atoms. The summed E-state index contributed by atoms with van der Waals surface area (Å²) in [5.74, 6) is -1.58. The van der Waals surface area contributed by atoms with Crippen molar-refractivity contribution < 1.29 is 23.9 Å². The normalized spacial score (nSPS) is 14.9. The number of ether oxygens (including phenoxy) is 1. The maximum absolute atomic E-state index is 12.7. The minimum absolute atomic E-state index is 0.00631. The molecule has 0 saturated carbocycles. The van der Waals surface area contributed by atoms with Crippen molar-refractivity contribution in [1.82, 2.24) is 10.2 Å². The van der Waals surface area contributed by atoms with Crippen LogP contribution in [0.3, 0.4) is 0 Å². The van der Waals surface area contributed by atoms with Crippen LogP contribution in [0.15, 0.2) is 54.2 Å². The molecular formula is C25H27N3O5. The predicted octanol–water partition coefficient (Wildman–Crippen LogP) is 3.69. The molecule has 3 rings (SSSR count). The summed E-state index contributed by atoms with van der Waals surface area (Å²) in [6.07, 6.45) is 1.58. The monoisotopic (exact) mass is 449 g/mol. The van der Waals surface area contributed by atoms with E-state index in [-0.39, 0.29) is 17.7 Å². The van der Waals surface area contributed by atoms with Gasteiger partial charge < -0.3 is 15.4 Å². The molecule has 0 unspecified atom stereocenters. The zero-order valence-electron chi connectivity index (χ0n) is 19.1. The number of benzene rings is 2. The SMILES string of the molecule is CCOC(=O)c1ccc(NC(=O)CN2C(=O)N/C(=C\c3ccc(C(C)(C)C)cc3)C2=O)cc1. The number of nitrogens with zero attached hydrogens (tertiary/aromatic N) is 1. The van der Waals surface area contributed by atoms with E-state index in [4.69, 9.17) is 4.74 Å². The Balaban J connectivity index is 1.63. The summed E-state index contributed by atoms with van der Waals surface area (Å²) >= 11 is 0. The Labute approximate surface area is 192 Å². The van der Waals surface area contributed by atoms with Crippen molar-refractivity contribution in [3.05, 3.63) is 70.9 Å². The molecule has 1 aliphatic rings. The number of amides is 4. The molecule has 4 amide bonds. The maximum atomic E-state index is 12.7. The van der Waals surface area contributed by atoms with Gasteiger partial charge in [-0.1, -0.05) is 45.0 Å². The molecule has 0 aliphatic carbocycles. The van der Waals surface area contributed by atoms with Crippen LogP contribution in [0.25, 0.3) is 6.08 Å². The first-order chi connectivity index (χ1) is 15.6. The van der Waals surface area contributed by atoms with Crippen LogP contribution in [-0.4, -0.2) is 41.9 Å². The van der Waals surface area contributed by atoms with E-state index >= 15 is 0 Å². The number of anilines is 1. The highest BCUT2D eigenvalue weighted by atomic mass is 16.5. The summed E-state index contributed by atoms with van der Waals surface area (Å²) in [5.41, 5.74) is 2.81. The Hall–Kier alpha value is -3.94. The second-order valence-corrected chi connectivity index (χ2v) is 8.60. The van der Waals surface area contributed by atoms with Gasteiger partial charge in [-0.05, 0) is 53.8 Å². The van der Waals surface area contributed by atoms with Gasteiger partial charge in [0.05, 0.1) is 12.2 Å². The second-order valence-electron chi connectivity index (χ2n) is 8.60. The van der Waals surface area contributed by atoms with Crippen molar-refractivity contribution in [2.75, 3.05) is 18.5 Å². The Bertz CT molecular complexity index is 1100. The molecule has 1 fully saturated rings. The van der Waals surface area contributed by atoms with Gasteiger partial charge in [0.25, 0.3) is 5.91 Å². The van der Waals surface area contributed by atoms with Crippen LogP contribution in [0, 0.1) is 0 Å². The van der Waals surface area contributed by atoms with Crippen LogP contribution in [-0.2, 0) is 19.7 Å². The van der Waals surface area contributed by atoms with E-state index in [0.29, 0.717) is 11.3 Å². The van der Waals surface area contributed by atoms with Gasteiger partial charge in [0.15, 0.2) is 0 Å². The average molecular weight is 450 g/mol. The standard InChI is InChI=1S/C25H27N3O5/c1-5-33-23(31)17-8-12-19(13-9-17)26-21(29)15-28-22(30)20(27-24(28)32)14-16-6-10-18(11-7-16)25(2,3)4/h6-14H,5,15H2,1-4H3,(H,26,29)(H,27,32)/b20-14-. The van der Waals surface area contributed by atoms with E-state index in [1.807, 2.05) is 24.3 Å². The number of imide groups is 1. The molecule has 0 bridgehead atoms. The third kappa shape index (κ3) is 5.85. The highest BCUT2D eigenvalue weighted by Gasteiger charge is 2.34. The Morgan fingerprint density at radius 1 is 1.03 bits per heavy atom. The molecule has 2 aromatic carbocycles. The van der Waals surface area contributed by atoms with Gasteiger partial charge in [0, 0.05) is 5.69 Å². The highest BCUT2D eigenvalue weighted by Crippen LogP contribution is 2.23. The number of hydrogen-bond acceptors (Lipinski definition) is 5. The van der Waals surface area contributed by atoms with Crippen molar-refractivity contribution in [2.24, 2.45) is 0 Å². The second kappa shape index (κ2) is 9.68. The number of rotatable bonds is 6. The van der Waals surface area contributed by atoms with E-state index in [9.17, 15) is 19.2 Å². The third-order valence-corrected chi connectivity index (χ3v) is 5.03. The minimum Gasteiger partial charge on any atom is -0.462 e. The van der Waals surface area contributed by atoms with E-state index in [1.54, 1.807) is 25.1 Å². The first kappa shape index (κ1) is 23.7. The van der Waals surface area contributed by atoms with E-state index in [2.05, 4.69) is 31.4 Å². The number of esters is 1. The van der Waals surface area contributed by atoms with Gasteiger partial charge in [0.2, 0.25) is 5.91 Å². The van der Waals surface area contributed by atoms with Gasteiger partial charge in [-0.15, -0.1) is 0 Å². The fourth-order valence-corrected chi connectivity index (χ4v) is 3.21. The lowest BCUT2D eigenvalue weighted by atomic mass is 9.87. The Morgan fingerprint density at radius 3 is 2.24 bits per heavy atom. The van der Waals surface area contributed by atoms with Crippen LogP contribution in [0.5, 0.6) is 0 Å². The first-order valence-electron chi connectivity index (χ1n) is 10.6. The number of carbonyl (C=O) groups excluding carboxylic acids is 4. The summed E-state index contributed by atoms with van der Waals surface area (Å²) in [6.45, 7) is 7.87. The van der Waals surface area contributed by atoms with Gasteiger partial charge in [-0.3, -0.25) is 9.59 Å². The quantitative estimate of drug-likeness (QED) is 0.398. The number of carbonyl (C=O) groups is 4. The molecule has 0 radical (unpaired) electrons. The molecule has 8 heteroatoms. The smallest absolute Gasteiger partial charge is 0.338 e. The van der Waals surface area contributed by atoms with E-state index in [1.165, 1.54) is 12.1 Å². The molecule has 0 aromatic heterocycles. The molecule has 0 spiro atoms. The highest BCUT2D eigenvalue weighted by molar-refractivity contribution is 6.16.